The first-order valence-corrected chi connectivity index (χ1v) is 4.32. The van der Waals surface area contributed by atoms with Gasteiger partial charge in [-0.15, -0.1) is 12.4 Å². The van der Waals surface area contributed by atoms with E-state index in [0.29, 0.717) is 6.61 Å². The molecule has 0 saturated heterocycles. The van der Waals surface area contributed by atoms with Crippen molar-refractivity contribution in [1.82, 2.24) is 5.32 Å². The summed E-state index contributed by atoms with van der Waals surface area (Å²) in [6.45, 7) is 5.95. The van der Waals surface area contributed by atoms with Crippen molar-refractivity contribution in [3.8, 4) is 0 Å². The number of halogens is 1. The number of ether oxygens (including phenoxy) is 1. The average molecular weight is 206 g/mol. The van der Waals surface area contributed by atoms with Crippen LogP contribution in [-0.4, -0.2) is 25.7 Å². The molecule has 13 heavy (non-hydrogen) atoms. The zero-order valence-electron chi connectivity index (χ0n) is 8.05. The van der Waals surface area contributed by atoms with Crippen LogP contribution in [0.5, 0.6) is 0 Å². The number of rotatable bonds is 2. The summed E-state index contributed by atoms with van der Waals surface area (Å²) in [4.78, 5) is 11.3. The Morgan fingerprint density at radius 2 is 2.31 bits per heavy atom. The molecule has 0 atom stereocenters. The monoisotopic (exact) mass is 205 g/mol. The highest BCUT2D eigenvalue weighted by molar-refractivity contribution is 5.89. The molecule has 76 valence electrons. The molecule has 1 rings (SSSR count). The number of hydrogen-bond donors (Lipinski definition) is 1. The van der Waals surface area contributed by atoms with E-state index < -0.39 is 0 Å². The highest BCUT2D eigenvalue weighted by atomic mass is 35.5. The third kappa shape index (κ3) is 3.36. The van der Waals surface area contributed by atoms with Gasteiger partial charge in [-0.2, -0.15) is 0 Å². The van der Waals surface area contributed by atoms with Crippen molar-refractivity contribution in [2.75, 3.05) is 19.7 Å². The van der Waals surface area contributed by atoms with Crippen molar-refractivity contribution < 1.29 is 9.53 Å². The maximum absolute atomic E-state index is 11.3. The van der Waals surface area contributed by atoms with E-state index in [1.165, 1.54) is 0 Å². The van der Waals surface area contributed by atoms with Crippen LogP contribution in [0, 0.1) is 0 Å². The first kappa shape index (κ1) is 12.5. The molecule has 4 heteroatoms. The molecule has 0 fully saturated rings. The quantitative estimate of drug-likeness (QED) is 0.691. The van der Waals surface area contributed by atoms with E-state index in [9.17, 15) is 4.79 Å². The Morgan fingerprint density at radius 3 is 2.85 bits per heavy atom. The SMILES string of the molecule is CCOC(=O)C1=C(C)CNCC1.Cl. The molecule has 0 radical (unpaired) electrons. The summed E-state index contributed by atoms with van der Waals surface area (Å²) < 4.78 is 4.93. The summed E-state index contributed by atoms with van der Waals surface area (Å²) in [6, 6.07) is 0. The fourth-order valence-corrected chi connectivity index (χ4v) is 1.30. The standard InChI is InChI=1S/C9H15NO2.ClH/c1-3-12-9(11)8-4-5-10-6-7(8)2;/h10H,3-6H2,1-2H3;1H. The third-order valence-electron chi connectivity index (χ3n) is 1.98. The Labute approximate surface area is 84.9 Å². The van der Waals surface area contributed by atoms with Crippen molar-refractivity contribution in [3.05, 3.63) is 11.1 Å². The van der Waals surface area contributed by atoms with Crippen molar-refractivity contribution in [1.29, 1.82) is 0 Å². The molecule has 0 saturated carbocycles. The maximum atomic E-state index is 11.3. The second-order valence-corrected chi connectivity index (χ2v) is 2.91. The first-order chi connectivity index (χ1) is 5.75. The second kappa shape index (κ2) is 6.00. The second-order valence-electron chi connectivity index (χ2n) is 2.91. The van der Waals surface area contributed by atoms with Gasteiger partial charge in [0.05, 0.1) is 6.61 Å². The third-order valence-corrected chi connectivity index (χ3v) is 1.98. The zero-order chi connectivity index (χ0) is 8.97. The molecule has 1 heterocycles. The highest BCUT2D eigenvalue weighted by Crippen LogP contribution is 2.13. The summed E-state index contributed by atoms with van der Waals surface area (Å²) >= 11 is 0. The summed E-state index contributed by atoms with van der Waals surface area (Å²) in [6.07, 6.45) is 0.796. The van der Waals surface area contributed by atoms with Gasteiger partial charge in [0.25, 0.3) is 0 Å². The van der Waals surface area contributed by atoms with Gasteiger partial charge < -0.3 is 10.1 Å². The molecule has 0 spiro atoms. The number of carbonyl (C=O) groups is 1. The van der Waals surface area contributed by atoms with Crippen LogP contribution in [-0.2, 0) is 9.53 Å². The van der Waals surface area contributed by atoms with Gasteiger partial charge in [0.15, 0.2) is 0 Å². The van der Waals surface area contributed by atoms with E-state index in [1.54, 1.807) is 0 Å². The summed E-state index contributed by atoms with van der Waals surface area (Å²) in [5.41, 5.74) is 1.97. The number of nitrogens with one attached hydrogen (secondary N) is 1. The minimum absolute atomic E-state index is 0. The van der Waals surface area contributed by atoms with E-state index in [1.807, 2.05) is 13.8 Å². The Balaban J connectivity index is 0.00000144. The van der Waals surface area contributed by atoms with Gasteiger partial charge in [0.2, 0.25) is 0 Å². The van der Waals surface area contributed by atoms with Gasteiger partial charge >= 0.3 is 5.97 Å². The molecule has 0 aromatic rings. The normalized spacial score (nSPS) is 16.5. The Hall–Kier alpha value is -0.540. The van der Waals surface area contributed by atoms with Crippen LogP contribution in [0.4, 0.5) is 0 Å². The van der Waals surface area contributed by atoms with E-state index >= 15 is 0 Å². The van der Waals surface area contributed by atoms with Crippen LogP contribution in [0.3, 0.4) is 0 Å². The van der Waals surface area contributed by atoms with E-state index in [0.717, 1.165) is 30.7 Å². The molecule has 0 aliphatic carbocycles. The van der Waals surface area contributed by atoms with Gasteiger partial charge in [-0.25, -0.2) is 4.79 Å². The molecule has 1 aliphatic heterocycles. The van der Waals surface area contributed by atoms with Crippen LogP contribution in [0.1, 0.15) is 20.3 Å². The lowest BCUT2D eigenvalue weighted by Gasteiger charge is -2.17. The molecule has 1 aliphatic rings. The first-order valence-electron chi connectivity index (χ1n) is 4.32. The van der Waals surface area contributed by atoms with Crippen molar-refractivity contribution in [3.63, 3.8) is 0 Å². The Kier molecular flexibility index (Phi) is 5.75. The highest BCUT2D eigenvalue weighted by Gasteiger charge is 2.16. The van der Waals surface area contributed by atoms with Crippen molar-refractivity contribution in [2.24, 2.45) is 0 Å². The molecule has 0 aromatic carbocycles. The Morgan fingerprint density at radius 1 is 1.62 bits per heavy atom. The largest absolute Gasteiger partial charge is 0.463 e. The Bertz CT molecular complexity index is 214. The minimum Gasteiger partial charge on any atom is -0.463 e. The molecule has 0 aromatic heterocycles. The topological polar surface area (TPSA) is 38.3 Å². The van der Waals surface area contributed by atoms with Crippen LogP contribution < -0.4 is 5.32 Å². The van der Waals surface area contributed by atoms with Gasteiger partial charge in [-0.05, 0) is 32.4 Å². The van der Waals surface area contributed by atoms with E-state index in [4.69, 9.17) is 4.74 Å². The van der Waals surface area contributed by atoms with Crippen LogP contribution in [0.2, 0.25) is 0 Å². The summed E-state index contributed by atoms with van der Waals surface area (Å²) in [5.74, 6) is -0.142. The van der Waals surface area contributed by atoms with Crippen molar-refractivity contribution >= 4 is 18.4 Å². The van der Waals surface area contributed by atoms with Gasteiger partial charge in [0, 0.05) is 12.1 Å². The van der Waals surface area contributed by atoms with E-state index in [-0.39, 0.29) is 18.4 Å². The molecule has 0 amide bonds. The van der Waals surface area contributed by atoms with Gasteiger partial charge in [-0.3, -0.25) is 0 Å². The molecule has 3 nitrogen and oxygen atoms in total. The molecule has 0 unspecified atom stereocenters. The summed E-state index contributed by atoms with van der Waals surface area (Å²) in [7, 11) is 0. The fraction of sp³-hybridized carbons (Fsp3) is 0.667. The van der Waals surface area contributed by atoms with E-state index in [2.05, 4.69) is 5.32 Å². The summed E-state index contributed by atoms with van der Waals surface area (Å²) in [5, 5.41) is 3.20. The average Bonchev–Trinajstić information content (AvgIpc) is 2.05. The molecular formula is C9H16ClNO2. The molecule has 1 N–H and O–H groups in total. The predicted octanol–water partition coefficient (Wildman–Crippen LogP) is 1.28. The molecule has 0 bridgehead atoms. The number of hydrogen-bond acceptors (Lipinski definition) is 3. The van der Waals surface area contributed by atoms with Crippen LogP contribution in [0.15, 0.2) is 11.1 Å². The lowest BCUT2D eigenvalue weighted by Crippen LogP contribution is -2.27. The van der Waals surface area contributed by atoms with Gasteiger partial charge in [-0.1, -0.05) is 0 Å². The lowest BCUT2D eigenvalue weighted by atomic mass is 10.0. The van der Waals surface area contributed by atoms with Crippen LogP contribution >= 0.6 is 12.4 Å². The fourth-order valence-electron chi connectivity index (χ4n) is 1.30. The maximum Gasteiger partial charge on any atom is 0.334 e. The zero-order valence-corrected chi connectivity index (χ0v) is 8.87. The smallest absolute Gasteiger partial charge is 0.334 e. The number of carbonyl (C=O) groups excluding carboxylic acids is 1. The molecular weight excluding hydrogens is 190 g/mol. The predicted molar refractivity (Wildman–Crippen MR) is 54.1 cm³/mol. The lowest BCUT2D eigenvalue weighted by molar-refractivity contribution is -0.138. The van der Waals surface area contributed by atoms with Crippen LogP contribution in [0.25, 0.3) is 0 Å². The number of esters is 1. The minimum atomic E-state index is -0.142. The van der Waals surface area contributed by atoms with Gasteiger partial charge in [0.1, 0.15) is 0 Å². The van der Waals surface area contributed by atoms with Crippen molar-refractivity contribution in [2.45, 2.75) is 20.3 Å².